The number of carboxylic acid groups (broad SMARTS) is 1. The maximum atomic E-state index is 10.9. The Kier molecular flexibility index (Phi) is 4.44. The van der Waals surface area contributed by atoms with Crippen LogP contribution in [0.3, 0.4) is 0 Å². The van der Waals surface area contributed by atoms with E-state index < -0.39 is 5.97 Å². The zero-order valence-corrected chi connectivity index (χ0v) is 12.3. The standard InChI is InChI=1S/C17H23NO3/c19-17(20)13-2-4-15(5-3-13)18-9-7-12-1-6-16-14(11-12)8-10-21-16/h1,6,11,13,15,18H,2-5,7-10H2,(H,19,20). The molecule has 0 bridgehead atoms. The molecule has 2 aliphatic rings. The molecule has 0 aromatic heterocycles. The van der Waals surface area contributed by atoms with Crippen molar-refractivity contribution in [2.75, 3.05) is 13.2 Å². The monoisotopic (exact) mass is 289 g/mol. The summed E-state index contributed by atoms with van der Waals surface area (Å²) in [7, 11) is 0. The Hall–Kier alpha value is -1.55. The maximum Gasteiger partial charge on any atom is 0.306 e. The van der Waals surface area contributed by atoms with Gasteiger partial charge in [-0.15, -0.1) is 0 Å². The lowest BCUT2D eigenvalue weighted by Gasteiger charge is -2.27. The van der Waals surface area contributed by atoms with Gasteiger partial charge in [0.25, 0.3) is 0 Å². The summed E-state index contributed by atoms with van der Waals surface area (Å²) in [6.45, 7) is 1.77. The van der Waals surface area contributed by atoms with Crippen molar-refractivity contribution in [3.05, 3.63) is 29.3 Å². The number of carbonyl (C=O) groups is 1. The van der Waals surface area contributed by atoms with Gasteiger partial charge in [0, 0.05) is 12.5 Å². The molecule has 4 nitrogen and oxygen atoms in total. The van der Waals surface area contributed by atoms with Crippen molar-refractivity contribution >= 4 is 5.97 Å². The molecule has 1 aliphatic carbocycles. The van der Waals surface area contributed by atoms with Gasteiger partial charge in [-0.05, 0) is 55.8 Å². The van der Waals surface area contributed by atoms with Crippen LogP contribution in [0.25, 0.3) is 0 Å². The van der Waals surface area contributed by atoms with E-state index in [1.165, 1.54) is 11.1 Å². The Morgan fingerprint density at radius 3 is 2.86 bits per heavy atom. The number of carboxylic acids is 1. The summed E-state index contributed by atoms with van der Waals surface area (Å²) in [4.78, 5) is 10.9. The molecule has 1 fully saturated rings. The number of fused-ring (bicyclic) bond motifs is 1. The molecule has 1 heterocycles. The van der Waals surface area contributed by atoms with Crippen molar-refractivity contribution < 1.29 is 14.6 Å². The fraction of sp³-hybridized carbons (Fsp3) is 0.588. The topological polar surface area (TPSA) is 58.6 Å². The van der Waals surface area contributed by atoms with E-state index in [9.17, 15) is 4.79 Å². The van der Waals surface area contributed by atoms with Crippen molar-refractivity contribution in [2.24, 2.45) is 5.92 Å². The van der Waals surface area contributed by atoms with Crippen LogP contribution in [0.2, 0.25) is 0 Å². The summed E-state index contributed by atoms with van der Waals surface area (Å²) in [5.74, 6) is 0.285. The number of aliphatic carboxylic acids is 1. The molecule has 114 valence electrons. The molecule has 21 heavy (non-hydrogen) atoms. The Balaban J connectivity index is 1.41. The van der Waals surface area contributed by atoms with E-state index >= 15 is 0 Å². The second kappa shape index (κ2) is 6.48. The predicted octanol–water partition coefficient (Wildman–Crippen LogP) is 2.40. The highest BCUT2D eigenvalue weighted by molar-refractivity contribution is 5.70. The molecule has 0 radical (unpaired) electrons. The van der Waals surface area contributed by atoms with Crippen LogP contribution in [0.4, 0.5) is 0 Å². The van der Waals surface area contributed by atoms with E-state index in [0.717, 1.165) is 57.4 Å². The zero-order valence-electron chi connectivity index (χ0n) is 12.3. The fourth-order valence-corrected chi connectivity index (χ4v) is 3.36. The highest BCUT2D eigenvalue weighted by atomic mass is 16.5. The van der Waals surface area contributed by atoms with Crippen LogP contribution in [0, 0.1) is 5.92 Å². The Bertz CT molecular complexity index is 507. The average Bonchev–Trinajstić information content (AvgIpc) is 2.95. The van der Waals surface area contributed by atoms with Crippen molar-refractivity contribution in [2.45, 2.75) is 44.6 Å². The van der Waals surface area contributed by atoms with Gasteiger partial charge in [0.2, 0.25) is 0 Å². The summed E-state index contributed by atoms with van der Waals surface area (Å²) >= 11 is 0. The second-order valence-corrected chi connectivity index (χ2v) is 6.13. The van der Waals surface area contributed by atoms with E-state index in [0.29, 0.717) is 6.04 Å². The number of hydrogen-bond donors (Lipinski definition) is 2. The molecular weight excluding hydrogens is 266 g/mol. The van der Waals surface area contributed by atoms with Crippen LogP contribution in [0.15, 0.2) is 18.2 Å². The SMILES string of the molecule is O=C(O)C1CCC(NCCc2ccc3c(c2)CCO3)CC1. The molecule has 0 saturated heterocycles. The summed E-state index contributed by atoms with van der Waals surface area (Å²) in [5.41, 5.74) is 2.68. The maximum absolute atomic E-state index is 10.9. The number of benzene rings is 1. The highest BCUT2D eigenvalue weighted by Crippen LogP contribution is 2.26. The molecule has 1 aliphatic heterocycles. The summed E-state index contributed by atoms with van der Waals surface area (Å²) < 4.78 is 5.52. The third-order valence-electron chi connectivity index (χ3n) is 4.68. The quantitative estimate of drug-likeness (QED) is 0.874. The number of ether oxygens (including phenoxy) is 1. The lowest BCUT2D eigenvalue weighted by Crippen LogP contribution is -2.36. The molecular formula is C17H23NO3. The largest absolute Gasteiger partial charge is 0.493 e. The van der Waals surface area contributed by atoms with Crippen molar-refractivity contribution in [1.29, 1.82) is 0 Å². The number of nitrogens with one attached hydrogen (secondary N) is 1. The van der Waals surface area contributed by atoms with Gasteiger partial charge in [-0.25, -0.2) is 0 Å². The third-order valence-corrected chi connectivity index (χ3v) is 4.68. The van der Waals surface area contributed by atoms with Crippen LogP contribution in [-0.4, -0.2) is 30.3 Å². The van der Waals surface area contributed by atoms with Crippen molar-refractivity contribution in [3.63, 3.8) is 0 Å². The number of rotatable bonds is 5. The molecule has 0 amide bonds. The van der Waals surface area contributed by atoms with E-state index in [4.69, 9.17) is 9.84 Å². The van der Waals surface area contributed by atoms with E-state index in [2.05, 4.69) is 23.5 Å². The predicted molar refractivity (Wildman–Crippen MR) is 80.7 cm³/mol. The molecule has 1 aromatic carbocycles. The van der Waals surface area contributed by atoms with Gasteiger partial charge in [-0.3, -0.25) is 4.79 Å². The third kappa shape index (κ3) is 3.56. The summed E-state index contributed by atoms with van der Waals surface area (Å²) in [6.07, 6.45) is 5.62. The number of hydrogen-bond acceptors (Lipinski definition) is 3. The summed E-state index contributed by atoms with van der Waals surface area (Å²) in [5, 5.41) is 12.6. The first-order valence-electron chi connectivity index (χ1n) is 7.93. The van der Waals surface area contributed by atoms with Crippen molar-refractivity contribution in [3.8, 4) is 5.75 Å². The molecule has 2 N–H and O–H groups in total. The van der Waals surface area contributed by atoms with Crippen LogP contribution in [0.1, 0.15) is 36.8 Å². The van der Waals surface area contributed by atoms with Crippen LogP contribution >= 0.6 is 0 Å². The minimum absolute atomic E-state index is 0.125. The van der Waals surface area contributed by atoms with Crippen molar-refractivity contribution in [1.82, 2.24) is 5.32 Å². The fourth-order valence-electron chi connectivity index (χ4n) is 3.36. The second-order valence-electron chi connectivity index (χ2n) is 6.13. The molecule has 4 heteroatoms. The molecule has 1 aromatic rings. The van der Waals surface area contributed by atoms with Gasteiger partial charge >= 0.3 is 5.97 Å². The van der Waals surface area contributed by atoms with Gasteiger partial charge in [0.1, 0.15) is 5.75 Å². The van der Waals surface area contributed by atoms with Gasteiger partial charge in [-0.2, -0.15) is 0 Å². The van der Waals surface area contributed by atoms with Crippen LogP contribution < -0.4 is 10.1 Å². The van der Waals surface area contributed by atoms with Gasteiger partial charge < -0.3 is 15.2 Å². The van der Waals surface area contributed by atoms with E-state index in [1.54, 1.807) is 0 Å². The molecule has 0 spiro atoms. The lowest BCUT2D eigenvalue weighted by atomic mass is 9.86. The molecule has 0 atom stereocenters. The van der Waals surface area contributed by atoms with Gasteiger partial charge in [0.05, 0.1) is 12.5 Å². The first-order chi connectivity index (χ1) is 10.2. The highest BCUT2D eigenvalue weighted by Gasteiger charge is 2.25. The van der Waals surface area contributed by atoms with E-state index in [1.807, 2.05) is 0 Å². The lowest BCUT2D eigenvalue weighted by molar-refractivity contribution is -0.142. The Morgan fingerprint density at radius 1 is 1.29 bits per heavy atom. The first kappa shape index (κ1) is 14.4. The average molecular weight is 289 g/mol. The Labute approximate surface area is 125 Å². The minimum Gasteiger partial charge on any atom is -0.493 e. The zero-order chi connectivity index (χ0) is 14.7. The molecule has 3 rings (SSSR count). The smallest absolute Gasteiger partial charge is 0.306 e. The van der Waals surface area contributed by atoms with E-state index in [-0.39, 0.29) is 5.92 Å². The van der Waals surface area contributed by atoms with Crippen LogP contribution in [0.5, 0.6) is 5.75 Å². The van der Waals surface area contributed by atoms with Crippen LogP contribution in [-0.2, 0) is 17.6 Å². The van der Waals surface area contributed by atoms with Gasteiger partial charge in [0.15, 0.2) is 0 Å². The Morgan fingerprint density at radius 2 is 2.10 bits per heavy atom. The minimum atomic E-state index is -0.631. The molecule has 0 unspecified atom stereocenters. The summed E-state index contributed by atoms with van der Waals surface area (Å²) in [6, 6.07) is 6.96. The normalized spacial score (nSPS) is 24.4. The van der Waals surface area contributed by atoms with Gasteiger partial charge in [-0.1, -0.05) is 12.1 Å². The first-order valence-corrected chi connectivity index (χ1v) is 7.93. The molecule has 1 saturated carbocycles.